The fourth-order valence-electron chi connectivity index (χ4n) is 3.01. The molecule has 1 amide bonds. The zero-order valence-corrected chi connectivity index (χ0v) is 16.4. The molecule has 0 aliphatic heterocycles. The summed E-state index contributed by atoms with van der Waals surface area (Å²) in [4.78, 5) is 28.9. The summed E-state index contributed by atoms with van der Waals surface area (Å²) in [7, 11) is 1.60. The maximum Gasteiger partial charge on any atom is 0.293 e. The first kappa shape index (κ1) is 18.6. The zero-order valence-electron chi connectivity index (χ0n) is 15.6. The molecule has 0 spiro atoms. The summed E-state index contributed by atoms with van der Waals surface area (Å²) in [5.74, 6) is 0.270. The number of para-hydroxylation sites is 1. The van der Waals surface area contributed by atoms with Gasteiger partial charge in [-0.25, -0.2) is 4.98 Å². The van der Waals surface area contributed by atoms with Crippen molar-refractivity contribution in [1.29, 1.82) is 0 Å². The van der Waals surface area contributed by atoms with Crippen molar-refractivity contribution < 1.29 is 14.5 Å². The molecule has 2 aromatic heterocycles. The van der Waals surface area contributed by atoms with Crippen LogP contribution < -0.4 is 10.1 Å². The van der Waals surface area contributed by atoms with E-state index >= 15 is 0 Å². The highest BCUT2D eigenvalue weighted by Crippen LogP contribution is 2.30. The molecule has 0 fully saturated rings. The Hall–Kier alpha value is -3.72. The molecule has 0 aliphatic carbocycles. The second-order valence-electron chi connectivity index (χ2n) is 6.31. The van der Waals surface area contributed by atoms with Crippen LogP contribution in [0.2, 0.25) is 0 Å². The van der Waals surface area contributed by atoms with Crippen molar-refractivity contribution in [2.75, 3.05) is 12.4 Å². The summed E-state index contributed by atoms with van der Waals surface area (Å²) >= 11 is 1.32. The van der Waals surface area contributed by atoms with Crippen LogP contribution >= 0.6 is 11.3 Å². The molecule has 2 heterocycles. The first-order valence-corrected chi connectivity index (χ1v) is 9.52. The minimum atomic E-state index is -0.510. The number of benzene rings is 2. The van der Waals surface area contributed by atoms with Gasteiger partial charge in [0, 0.05) is 23.2 Å². The number of aromatic nitrogens is 2. The van der Waals surface area contributed by atoms with Crippen molar-refractivity contribution in [2.45, 2.75) is 6.92 Å². The first-order valence-electron chi connectivity index (χ1n) is 8.64. The minimum absolute atomic E-state index is 0.146. The lowest BCUT2D eigenvalue weighted by atomic mass is 10.1. The standard InChI is InChI=1S/C20H16N4O4S/c1-12-5-3-8-16(24(26)27)18(12)22-19(25)17-11-29-20-21-15(10-23(17)20)13-6-4-7-14(9-13)28-2/h3-11H,1-2H3,(H,22,25). The zero-order chi connectivity index (χ0) is 20.5. The number of fused-ring (bicyclic) bond motifs is 1. The predicted octanol–water partition coefficient (Wildman–Crippen LogP) is 4.54. The number of nitrogens with zero attached hydrogens (tertiary/aromatic N) is 3. The van der Waals surface area contributed by atoms with Crippen LogP contribution in [0.25, 0.3) is 16.2 Å². The lowest BCUT2D eigenvalue weighted by Crippen LogP contribution is -2.15. The molecule has 0 aliphatic rings. The van der Waals surface area contributed by atoms with Gasteiger partial charge in [-0.15, -0.1) is 11.3 Å². The monoisotopic (exact) mass is 408 g/mol. The van der Waals surface area contributed by atoms with Crippen LogP contribution in [0.3, 0.4) is 0 Å². The molecule has 0 bridgehead atoms. The second-order valence-corrected chi connectivity index (χ2v) is 7.15. The number of methoxy groups -OCH3 is 1. The van der Waals surface area contributed by atoms with Crippen molar-refractivity contribution in [3.63, 3.8) is 0 Å². The van der Waals surface area contributed by atoms with E-state index in [0.717, 1.165) is 5.56 Å². The Morgan fingerprint density at radius 3 is 2.83 bits per heavy atom. The predicted molar refractivity (Wildman–Crippen MR) is 111 cm³/mol. The number of aryl methyl sites for hydroxylation is 1. The third-order valence-electron chi connectivity index (χ3n) is 4.49. The Balaban J connectivity index is 1.69. The highest BCUT2D eigenvalue weighted by atomic mass is 32.1. The van der Waals surface area contributed by atoms with Gasteiger partial charge in [0.2, 0.25) is 0 Å². The van der Waals surface area contributed by atoms with Crippen molar-refractivity contribution in [3.8, 4) is 17.0 Å². The molecule has 4 aromatic rings. The number of imidazole rings is 1. The van der Waals surface area contributed by atoms with Crippen LogP contribution in [0.15, 0.2) is 54.0 Å². The number of hydrogen-bond acceptors (Lipinski definition) is 6. The highest BCUT2D eigenvalue weighted by Gasteiger charge is 2.21. The molecule has 0 saturated carbocycles. The number of carbonyl (C=O) groups is 1. The Bertz CT molecular complexity index is 1240. The third-order valence-corrected chi connectivity index (χ3v) is 5.33. The number of ether oxygens (including phenoxy) is 1. The lowest BCUT2D eigenvalue weighted by molar-refractivity contribution is -0.384. The number of carbonyl (C=O) groups excluding carboxylic acids is 1. The molecule has 0 unspecified atom stereocenters. The van der Waals surface area contributed by atoms with Gasteiger partial charge < -0.3 is 10.1 Å². The van der Waals surface area contributed by atoms with E-state index in [-0.39, 0.29) is 11.4 Å². The average Bonchev–Trinajstić information content (AvgIpc) is 3.30. The molecule has 9 heteroatoms. The molecular weight excluding hydrogens is 392 g/mol. The summed E-state index contributed by atoms with van der Waals surface area (Å²) in [5, 5.41) is 15.7. The largest absolute Gasteiger partial charge is 0.497 e. The molecule has 0 radical (unpaired) electrons. The molecule has 29 heavy (non-hydrogen) atoms. The minimum Gasteiger partial charge on any atom is -0.497 e. The van der Waals surface area contributed by atoms with E-state index in [1.165, 1.54) is 17.4 Å². The topological polar surface area (TPSA) is 98.8 Å². The fourth-order valence-corrected chi connectivity index (χ4v) is 3.87. The Kier molecular flexibility index (Phi) is 4.73. The number of anilines is 1. The van der Waals surface area contributed by atoms with Gasteiger partial charge in [-0.1, -0.05) is 24.3 Å². The Labute approximate surface area is 169 Å². The van der Waals surface area contributed by atoms with Crippen LogP contribution in [0.5, 0.6) is 5.75 Å². The van der Waals surface area contributed by atoms with Crippen LogP contribution in [0.4, 0.5) is 11.4 Å². The maximum atomic E-state index is 12.9. The summed E-state index contributed by atoms with van der Waals surface area (Å²) in [6.07, 6.45) is 1.77. The van der Waals surface area contributed by atoms with Gasteiger partial charge in [-0.2, -0.15) is 0 Å². The smallest absolute Gasteiger partial charge is 0.293 e. The van der Waals surface area contributed by atoms with E-state index in [1.807, 2.05) is 24.3 Å². The van der Waals surface area contributed by atoms with Crippen molar-refractivity contribution in [2.24, 2.45) is 0 Å². The van der Waals surface area contributed by atoms with Gasteiger partial charge in [-0.3, -0.25) is 19.3 Å². The summed E-state index contributed by atoms with van der Waals surface area (Å²) in [6, 6.07) is 12.1. The Morgan fingerprint density at radius 2 is 2.07 bits per heavy atom. The van der Waals surface area contributed by atoms with Gasteiger partial charge in [0.15, 0.2) is 4.96 Å². The molecule has 146 valence electrons. The molecule has 0 atom stereocenters. The van der Waals surface area contributed by atoms with Crippen molar-refractivity contribution >= 4 is 33.6 Å². The first-order chi connectivity index (χ1) is 14.0. The van der Waals surface area contributed by atoms with E-state index in [1.54, 1.807) is 42.1 Å². The molecular formula is C20H16N4O4S. The fraction of sp³-hybridized carbons (Fsp3) is 0.100. The van der Waals surface area contributed by atoms with Gasteiger partial charge in [0.1, 0.15) is 17.1 Å². The molecule has 4 rings (SSSR count). The van der Waals surface area contributed by atoms with E-state index in [2.05, 4.69) is 10.3 Å². The van der Waals surface area contributed by atoms with Crippen molar-refractivity contribution in [1.82, 2.24) is 9.38 Å². The van der Waals surface area contributed by atoms with Crippen molar-refractivity contribution in [3.05, 3.63) is 75.4 Å². The number of amides is 1. The number of rotatable bonds is 5. The van der Waals surface area contributed by atoms with Crippen LogP contribution in [-0.4, -0.2) is 27.3 Å². The van der Waals surface area contributed by atoms with E-state index in [9.17, 15) is 14.9 Å². The average molecular weight is 408 g/mol. The van der Waals surface area contributed by atoms with E-state index < -0.39 is 10.8 Å². The summed E-state index contributed by atoms with van der Waals surface area (Å²) in [6.45, 7) is 1.71. The van der Waals surface area contributed by atoms with E-state index in [0.29, 0.717) is 27.7 Å². The molecule has 1 N–H and O–H groups in total. The summed E-state index contributed by atoms with van der Waals surface area (Å²) < 4.78 is 6.93. The lowest BCUT2D eigenvalue weighted by Gasteiger charge is -2.08. The highest BCUT2D eigenvalue weighted by molar-refractivity contribution is 7.15. The Morgan fingerprint density at radius 1 is 1.28 bits per heavy atom. The number of nitro groups is 1. The van der Waals surface area contributed by atoms with Crippen LogP contribution in [0, 0.1) is 17.0 Å². The molecule has 0 saturated heterocycles. The second kappa shape index (κ2) is 7.36. The summed E-state index contributed by atoms with van der Waals surface area (Å²) in [5.41, 5.74) is 2.57. The molecule has 8 nitrogen and oxygen atoms in total. The SMILES string of the molecule is COc1cccc(-c2cn3c(C(=O)Nc4c(C)cccc4[N+](=O)[O-])csc3n2)c1. The maximum absolute atomic E-state index is 12.9. The number of hydrogen-bond donors (Lipinski definition) is 1. The van der Waals surface area contributed by atoms with Gasteiger partial charge in [-0.05, 0) is 24.6 Å². The van der Waals surface area contributed by atoms with Crippen LogP contribution in [-0.2, 0) is 0 Å². The van der Waals surface area contributed by atoms with Gasteiger partial charge >= 0.3 is 0 Å². The normalized spacial score (nSPS) is 10.8. The molecule has 2 aromatic carbocycles. The van der Waals surface area contributed by atoms with Gasteiger partial charge in [0.05, 0.1) is 17.7 Å². The third kappa shape index (κ3) is 3.43. The number of nitro benzene ring substituents is 1. The van der Waals surface area contributed by atoms with Crippen LogP contribution in [0.1, 0.15) is 16.1 Å². The quantitative estimate of drug-likeness (QED) is 0.386. The number of thiazole rings is 1. The number of nitrogens with one attached hydrogen (secondary N) is 1. The van der Waals surface area contributed by atoms with Gasteiger partial charge in [0.25, 0.3) is 11.6 Å². The van der Waals surface area contributed by atoms with E-state index in [4.69, 9.17) is 4.74 Å².